The van der Waals surface area contributed by atoms with E-state index in [1.54, 1.807) is 6.07 Å². The summed E-state index contributed by atoms with van der Waals surface area (Å²) in [6.07, 6.45) is -3.25. The molecule has 9 heteroatoms. The summed E-state index contributed by atoms with van der Waals surface area (Å²) in [5.41, 5.74) is -0.630. The lowest BCUT2D eigenvalue weighted by Gasteiger charge is -2.33. The molecule has 3 aromatic rings. The van der Waals surface area contributed by atoms with Crippen LogP contribution in [0.1, 0.15) is 5.56 Å². The van der Waals surface area contributed by atoms with E-state index in [0.717, 1.165) is 25.2 Å². The summed E-state index contributed by atoms with van der Waals surface area (Å²) in [7, 11) is 2.02. The van der Waals surface area contributed by atoms with Crippen molar-refractivity contribution in [1.29, 1.82) is 0 Å². The van der Waals surface area contributed by atoms with Gasteiger partial charge in [-0.3, -0.25) is 0 Å². The van der Waals surface area contributed by atoms with E-state index in [-0.39, 0.29) is 10.9 Å². The van der Waals surface area contributed by atoms with Crippen LogP contribution < -0.4 is 4.90 Å². The summed E-state index contributed by atoms with van der Waals surface area (Å²) in [5.74, 6) is -0.805. The normalized spacial score (nSPS) is 16.9. The number of anilines is 1. The number of hydrogen-bond acceptors (Lipinski definition) is 4. The first-order valence-electron chi connectivity index (χ1n) is 7.82. The van der Waals surface area contributed by atoms with Gasteiger partial charge in [-0.05, 0) is 19.2 Å². The molecule has 0 bridgehead atoms. The van der Waals surface area contributed by atoms with Gasteiger partial charge in [0, 0.05) is 37.6 Å². The van der Waals surface area contributed by atoms with E-state index in [2.05, 4.69) is 15.0 Å². The third kappa shape index (κ3) is 2.68. The standard InChI is InChI=1S/C16H15F4N5/c1-23-4-6-24(7-5-23)15-22-13-9-12(17)11(16(18,19)20)8-10(13)14-2-3-21-25(14)15/h2-3,8-9H,4-7H2,1H3. The quantitative estimate of drug-likeness (QED) is 0.631. The van der Waals surface area contributed by atoms with Crippen molar-refractivity contribution >= 4 is 22.4 Å². The molecule has 1 aliphatic rings. The zero-order chi connectivity index (χ0) is 17.8. The maximum absolute atomic E-state index is 14.0. The molecular formula is C16H15F4N5. The maximum Gasteiger partial charge on any atom is 0.419 e. The van der Waals surface area contributed by atoms with Crippen LogP contribution in [0, 0.1) is 5.82 Å². The number of benzene rings is 1. The molecule has 0 unspecified atom stereocenters. The Morgan fingerprint density at radius 3 is 2.48 bits per heavy atom. The van der Waals surface area contributed by atoms with E-state index in [1.807, 2.05) is 11.9 Å². The van der Waals surface area contributed by atoms with Crippen molar-refractivity contribution in [1.82, 2.24) is 19.5 Å². The molecule has 1 aromatic carbocycles. The molecule has 0 saturated carbocycles. The summed E-state index contributed by atoms with van der Waals surface area (Å²) in [6.45, 7) is 3.11. The van der Waals surface area contributed by atoms with Crippen LogP contribution in [0.15, 0.2) is 24.4 Å². The molecule has 4 rings (SSSR count). The van der Waals surface area contributed by atoms with Gasteiger partial charge in [0.2, 0.25) is 5.95 Å². The molecule has 25 heavy (non-hydrogen) atoms. The van der Waals surface area contributed by atoms with Gasteiger partial charge < -0.3 is 9.80 Å². The van der Waals surface area contributed by atoms with Crippen LogP contribution in [-0.4, -0.2) is 52.7 Å². The molecule has 1 fully saturated rings. The van der Waals surface area contributed by atoms with Crippen molar-refractivity contribution in [2.75, 3.05) is 38.1 Å². The van der Waals surface area contributed by atoms with Gasteiger partial charge in [-0.25, -0.2) is 9.37 Å². The van der Waals surface area contributed by atoms with Crippen molar-refractivity contribution in [3.63, 3.8) is 0 Å². The topological polar surface area (TPSA) is 36.7 Å². The second-order valence-corrected chi connectivity index (χ2v) is 6.18. The van der Waals surface area contributed by atoms with Gasteiger partial charge >= 0.3 is 6.18 Å². The average Bonchev–Trinajstić information content (AvgIpc) is 3.03. The number of nitrogens with zero attached hydrogens (tertiary/aromatic N) is 5. The first-order valence-corrected chi connectivity index (χ1v) is 7.82. The third-order valence-corrected chi connectivity index (χ3v) is 4.51. The highest BCUT2D eigenvalue weighted by Gasteiger charge is 2.35. The number of piperazine rings is 1. The van der Waals surface area contributed by atoms with Crippen LogP contribution in [0.4, 0.5) is 23.5 Å². The summed E-state index contributed by atoms with van der Waals surface area (Å²) in [5, 5.41) is 4.43. The number of alkyl halides is 3. The lowest BCUT2D eigenvalue weighted by molar-refractivity contribution is -0.139. The Hall–Kier alpha value is -2.42. The monoisotopic (exact) mass is 353 g/mol. The lowest BCUT2D eigenvalue weighted by Crippen LogP contribution is -2.45. The number of likely N-dealkylation sites (N-methyl/N-ethyl adjacent to an activating group) is 1. The number of aromatic nitrogens is 3. The highest BCUT2D eigenvalue weighted by molar-refractivity contribution is 5.95. The van der Waals surface area contributed by atoms with Gasteiger partial charge in [-0.1, -0.05) is 0 Å². The molecule has 0 radical (unpaired) electrons. The molecule has 0 N–H and O–H groups in total. The molecule has 0 atom stereocenters. The van der Waals surface area contributed by atoms with Crippen molar-refractivity contribution in [2.45, 2.75) is 6.18 Å². The van der Waals surface area contributed by atoms with Crippen molar-refractivity contribution in [3.8, 4) is 0 Å². The minimum atomic E-state index is -4.76. The lowest BCUT2D eigenvalue weighted by atomic mass is 10.1. The summed E-state index contributed by atoms with van der Waals surface area (Å²) in [6, 6.07) is 3.27. The fraction of sp³-hybridized carbons (Fsp3) is 0.375. The van der Waals surface area contributed by atoms with Gasteiger partial charge in [0.25, 0.3) is 0 Å². The second-order valence-electron chi connectivity index (χ2n) is 6.18. The smallest absolute Gasteiger partial charge is 0.338 e. The molecule has 5 nitrogen and oxygen atoms in total. The molecule has 3 heterocycles. The number of fused-ring (bicyclic) bond motifs is 3. The van der Waals surface area contributed by atoms with Crippen molar-refractivity contribution in [2.24, 2.45) is 0 Å². The van der Waals surface area contributed by atoms with E-state index < -0.39 is 17.6 Å². The van der Waals surface area contributed by atoms with Crippen LogP contribution >= 0.6 is 0 Å². The Bertz CT molecular complexity index is 941. The van der Waals surface area contributed by atoms with Gasteiger partial charge in [0.05, 0.1) is 22.8 Å². The Morgan fingerprint density at radius 1 is 1.08 bits per heavy atom. The largest absolute Gasteiger partial charge is 0.419 e. The molecule has 132 valence electrons. The number of hydrogen-bond donors (Lipinski definition) is 0. The van der Waals surface area contributed by atoms with Crippen molar-refractivity contribution < 1.29 is 17.6 Å². The molecule has 0 spiro atoms. The van der Waals surface area contributed by atoms with E-state index in [1.165, 1.54) is 10.7 Å². The SMILES string of the molecule is CN1CCN(c2nc3cc(F)c(C(F)(F)F)cc3c3ccnn23)CC1. The molecule has 1 saturated heterocycles. The second kappa shape index (κ2) is 5.55. The minimum Gasteiger partial charge on any atom is -0.338 e. The molecule has 0 amide bonds. The zero-order valence-corrected chi connectivity index (χ0v) is 13.4. The first-order chi connectivity index (χ1) is 11.8. The number of rotatable bonds is 1. The highest BCUT2D eigenvalue weighted by atomic mass is 19.4. The Balaban J connectivity index is 1.93. The van der Waals surface area contributed by atoms with Gasteiger partial charge in [-0.2, -0.15) is 22.8 Å². The van der Waals surface area contributed by atoms with Gasteiger partial charge in [-0.15, -0.1) is 0 Å². The summed E-state index contributed by atoms with van der Waals surface area (Å²) < 4.78 is 54.5. The van der Waals surface area contributed by atoms with Crippen LogP contribution in [-0.2, 0) is 6.18 Å². The fourth-order valence-electron chi connectivity index (χ4n) is 3.11. The molecular weight excluding hydrogens is 338 g/mol. The first kappa shape index (κ1) is 16.1. The van der Waals surface area contributed by atoms with Crippen LogP contribution in [0.5, 0.6) is 0 Å². The molecule has 2 aromatic heterocycles. The maximum atomic E-state index is 14.0. The predicted molar refractivity (Wildman–Crippen MR) is 85.2 cm³/mol. The Labute approximate surface area is 140 Å². The Kier molecular flexibility index (Phi) is 3.57. The van der Waals surface area contributed by atoms with Gasteiger partial charge in [0.15, 0.2) is 0 Å². The Morgan fingerprint density at radius 2 is 1.80 bits per heavy atom. The van der Waals surface area contributed by atoms with Crippen molar-refractivity contribution in [3.05, 3.63) is 35.8 Å². The molecule has 1 aliphatic heterocycles. The minimum absolute atomic E-state index is 0.187. The average molecular weight is 353 g/mol. The zero-order valence-electron chi connectivity index (χ0n) is 13.4. The third-order valence-electron chi connectivity index (χ3n) is 4.51. The summed E-state index contributed by atoms with van der Waals surface area (Å²) >= 11 is 0. The van der Waals surface area contributed by atoms with Gasteiger partial charge in [0.1, 0.15) is 5.82 Å². The van der Waals surface area contributed by atoms with E-state index >= 15 is 0 Å². The van der Waals surface area contributed by atoms with E-state index in [4.69, 9.17) is 0 Å². The molecule has 0 aliphatic carbocycles. The van der Waals surface area contributed by atoms with Crippen LogP contribution in [0.3, 0.4) is 0 Å². The summed E-state index contributed by atoms with van der Waals surface area (Å²) in [4.78, 5) is 8.59. The number of halogens is 4. The van der Waals surface area contributed by atoms with E-state index in [0.29, 0.717) is 24.6 Å². The van der Waals surface area contributed by atoms with Crippen LogP contribution in [0.2, 0.25) is 0 Å². The predicted octanol–water partition coefficient (Wildman–Crippen LogP) is 2.79. The highest BCUT2D eigenvalue weighted by Crippen LogP contribution is 2.35. The fourth-order valence-corrected chi connectivity index (χ4v) is 3.11. The van der Waals surface area contributed by atoms with Crippen LogP contribution in [0.25, 0.3) is 16.4 Å². The van der Waals surface area contributed by atoms with E-state index in [9.17, 15) is 17.6 Å².